The number of fused-ring (bicyclic) bond motifs is 5. The lowest BCUT2D eigenvalue weighted by Gasteiger charge is -2.28. The van der Waals surface area contributed by atoms with Gasteiger partial charge >= 0.3 is 12.1 Å². The summed E-state index contributed by atoms with van der Waals surface area (Å²) in [7, 11) is 0. The van der Waals surface area contributed by atoms with Gasteiger partial charge in [-0.3, -0.25) is 19.3 Å². The summed E-state index contributed by atoms with van der Waals surface area (Å²) in [6.07, 6.45) is -2.89. The smallest absolute Gasteiger partial charge is 0.416 e. The molecule has 0 radical (unpaired) electrons. The highest BCUT2D eigenvalue weighted by Crippen LogP contribution is 2.61. The normalized spacial score (nSPS) is 24.6. The average molecular weight is 597 g/mol. The third-order valence-electron chi connectivity index (χ3n) is 8.51. The van der Waals surface area contributed by atoms with Gasteiger partial charge in [-0.25, -0.2) is 4.79 Å². The van der Waals surface area contributed by atoms with Crippen molar-refractivity contribution in [3.8, 4) is 0 Å². The minimum atomic E-state index is -4.63. The molecule has 3 aromatic carbocycles. The number of hydrogen-bond donors (Lipinski definition) is 1. The molecule has 7 nitrogen and oxygen atoms in total. The van der Waals surface area contributed by atoms with Crippen molar-refractivity contribution in [2.75, 3.05) is 16.8 Å². The lowest BCUT2D eigenvalue weighted by Crippen LogP contribution is -2.33. The van der Waals surface area contributed by atoms with Crippen LogP contribution in [0.3, 0.4) is 0 Å². The van der Waals surface area contributed by atoms with Crippen LogP contribution in [0.1, 0.15) is 40.2 Å². The number of anilines is 2. The minimum absolute atomic E-state index is 0.0622. The van der Waals surface area contributed by atoms with Gasteiger partial charge in [-0.1, -0.05) is 41.9 Å². The summed E-state index contributed by atoms with van der Waals surface area (Å²) in [4.78, 5) is 52.8. The molecular formula is C31H24ClF3N2O5. The predicted molar refractivity (Wildman–Crippen MR) is 147 cm³/mol. The van der Waals surface area contributed by atoms with Gasteiger partial charge in [0.25, 0.3) is 5.91 Å². The Kier molecular flexibility index (Phi) is 7.04. The van der Waals surface area contributed by atoms with Crippen LogP contribution in [-0.4, -0.2) is 30.3 Å². The van der Waals surface area contributed by atoms with Crippen molar-refractivity contribution < 1.29 is 37.1 Å². The second-order valence-electron chi connectivity index (χ2n) is 10.8. The minimum Gasteiger partial charge on any atom is -0.452 e. The van der Waals surface area contributed by atoms with E-state index in [-0.39, 0.29) is 57.7 Å². The molecule has 11 heteroatoms. The first kappa shape index (κ1) is 28.0. The van der Waals surface area contributed by atoms with Crippen LogP contribution in [-0.2, 0) is 25.3 Å². The molecule has 1 saturated heterocycles. The van der Waals surface area contributed by atoms with E-state index in [4.69, 9.17) is 16.3 Å². The van der Waals surface area contributed by atoms with Gasteiger partial charge < -0.3 is 10.1 Å². The fourth-order valence-corrected chi connectivity index (χ4v) is 6.91. The van der Waals surface area contributed by atoms with Crippen molar-refractivity contribution in [2.24, 2.45) is 23.7 Å². The maximum atomic E-state index is 13.5. The van der Waals surface area contributed by atoms with Gasteiger partial charge in [0.15, 0.2) is 6.61 Å². The standard InChI is InChI=1S/C31H24ClF3N2O5/c32-23-11-8-19(31(33,34)35)14-24(23)36-25(38)15-42-30(41)17-6-9-20(10-7-17)37-28(39)26-18-12-21(16-4-2-1-3-5-16)22(13-18)27(26)29(37)40/h1-11,14,18,21-22,26-27H,12-13,15H2,(H,36,38)/t18-,21+,22+,26+,27-/m0/s1. The maximum absolute atomic E-state index is 13.5. The number of nitrogens with one attached hydrogen (secondary N) is 1. The fourth-order valence-electron chi connectivity index (χ4n) is 6.74. The number of hydrogen-bond acceptors (Lipinski definition) is 5. The third-order valence-corrected chi connectivity index (χ3v) is 8.84. The van der Waals surface area contributed by atoms with E-state index in [1.165, 1.54) is 34.7 Å². The summed E-state index contributed by atoms with van der Waals surface area (Å²) < 4.78 is 43.9. The summed E-state index contributed by atoms with van der Waals surface area (Å²) in [6, 6.07) is 18.3. The van der Waals surface area contributed by atoms with Gasteiger partial charge in [0, 0.05) is 0 Å². The lowest BCUT2D eigenvalue weighted by molar-refractivity contribution is -0.137. The van der Waals surface area contributed by atoms with Gasteiger partial charge in [0.1, 0.15) is 0 Å². The topological polar surface area (TPSA) is 92.8 Å². The largest absolute Gasteiger partial charge is 0.452 e. The first-order valence-electron chi connectivity index (χ1n) is 13.4. The van der Waals surface area contributed by atoms with Gasteiger partial charge in [-0.2, -0.15) is 13.2 Å². The summed E-state index contributed by atoms with van der Waals surface area (Å²) in [6.45, 7) is -0.773. The van der Waals surface area contributed by atoms with Crippen molar-refractivity contribution in [1.29, 1.82) is 0 Å². The van der Waals surface area contributed by atoms with Crippen LogP contribution in [0.4, 0.5) is 24.5 Å². The van der Waals surface area contributed by atoms with E-state index in [9.17, 15) is 32.3 Å². The summed E-state index contributed by atoms with van der Waals surface area (Å²) >= 11 is 5.88. The number of esters is 1. The monoisotopic (exact) mass is 596 g/mol. The molecule has 1 heterocycles. The molecule has 0 spiro atoms. The highest BCUT2D eigenvalue weighted by molar-refractivity contribution is 6.33. The molecule has 3 fully saturated rings. The van der Waals surface area contributed by atoms with Crippen molar-refractivity contribution >= 4 is 46.7 Å². The molecule has 42 heavy (non-hydrogen) atoms. The Bertz CT molecular complexity index is 1580. The zero-order valence-electron chi connectivity index (χ0n) is 21.9. The van der Waals surface area contributed by atoms with E-state index in [0.29, 0.717) is 11.8 Å². The van der Waals surface area contributed by atoms with E-state index in [1.54, 1.807) is 0 Å². The van der Waals surface area contributed by atoms with Gasteiger partial charge in [-0.15, -0.1) is 0 Å². The molecule has 5 atom stereocenters. The average Bonchev–Trinajstić information content (AvgIpc) is 3.64. The molecule has 0 aromatic heterocycles. The van der Waals surface area contributed by atoms with Crippen LogP contribution in [0.2, 0.25) is 5.02 Å². The molecule has 6 rings (SSSR count). The van der Waals surface area contributed by atoms with Gasteiger partial charge in [0.05, 0.1) is 39.4 Å². The zero-order valence-corrected chi connectivity index (χ0v) is 22.7. The summed E-state index contributed by atoms with van der Waals surface area (Å²) in [5, 5.41) is 2.09. The molecule has 3 aliphatic rings. The summed E-state index contributed by atoms with van der Waals surface area (Å²) in [5.41, 5.74) is 0.332. The second-order valence-corrected chi connectivity index (χ2v) is 11.2. The Hall–Kier alpha value is -4.18. The molecule has 216 valence electrons. The molecule has 3 amide bonds. The molecule has 1 N–H and O–H groups in total. The number of benzene rings is 3. The van der Waals surface area contributed by atoms with Crippen molar-refractivity contribution in [2.45, 2.75) is 24.9 Å². The number of carbonyl (C=O) groups is 4. The van der Waals surface area contributed by atoms with Gasteiger partial charge in [0.2, 0.25) is 11.8 Å². The van der Waals surface area contributed by atoms with Crippen molar-refractivity contribution in [1.82, 2.24) is 0 Å². The number of amides is 3. The fraction of sp³-hybridized carbons (Fsp3) is 0.290. The van der Waals surface area contributed by atoms with Crippen LogP contribution in [0, 0.1) is 23.7 Å². The quantitative estimate of drug-likeness (QED) is 0.275. The number of carbonyl (C=O) groups excluding carboxylic acids is 4. The second kappa shape index (κ2) is 10.6. The van der Waals surface area contributed by atoms with E-state index in [2.05, 4.69) is 17.4 Å². The van der Waals surface area contributed by atoms with E-state index in [0.717, 1.165) is 25.0 Å². The van der Waals surface area contributed by atoms with Crippen LogP contribution < -0.4 is 10.2 Å². The Morgan fingerprint density at radius 1 is 0.929 bits per heavy atom. The molecule has 1 aliphatic heterocycles. The zero-order chi connectivity index (χ0) is 29.8. The van der Waals surface area contributed by atoms with E-state index in [1.807, 2.05) is 18.2 Å². The van der Waals surface area contributed by atoms with Gasteiger partial charge in [-0.05, 0) is 78.6 Å². The lowest BCUT2D eigenvalue weighted by atomic mass is 9.73. The Morgan fingerprint density at radius 3 is 2.31 bits per heavy atom. The highest BCUT2D eigenvalue weighted by atomic mass is 35.5. The molecule has 2 saturated carbocycles. The van der Waals surface area contributed by atoms with Crippen LogP contribution in [0.15, 0.2) is 72.8 Å². The number of ether oxygens (including phenoxy) is 1. The van der Waals surface area contributed by atoms with Crippen molar-refractivity contribution in [3.63, 3.8) is 0 Å². The number of rotatable bonds is 6. The first-order valence-corrected chi connectivity index (χ1v) is 13.8. The van der Waals surface area contributed by atoms with E-state index < -0.39 is 30.2 Å². The van der Waals surface area contributed by atoms with Crippen LogP contribution in [0.25, 0.3) is 0 Å². The number of imide groups is 1. The molecule has 2 aliphatic carbocycles. The predicted octanol–water partition coefficient (Wildman–Crippen LogP) is 6.08. The summed E-state index contributed by atoms with van der Waals surface area (Å²) in [5.74, 6) is -2.40. The van der Waals surface area contributed by atoms with Crippen LogP contribution in [0.5, 0.6) is 0 Å². The molecule has 0 unspecified atom stereocenters. The Labute approximate surface area is 243 Å². The highest BCUT2D eigenvalue weighted by Gasteiger charge is 2.64. The molecular weight excluding hydrogens is 573 g/mol. The number of alkyl halides is 3. The molecule has 3 aromatic rings. The van der Waals surface area contributed by atoms with Crippen LogP contribution >= 0.6 is 11.6 Å². The van der Waals surface area contributed by atoms with E-state index >= 15 is 0 Å². The Morgan fingerprint density at radius 2 is 1.62 bits per heavy atom. The SMILES string of the molecule is O=C(COC(=O)c1ccc(N2C(=O)[C@@H]3[C@@H]4C[C@@H]([C@@H]3C2=O)[C@@H](c2ccccc2)C4)cc1)Nc1cc(C(F)(F)F)ccc1Cl. The maximum Gasteiger partial charge on any atom is 0.416 e. The third kappa shape index (κ3) is 4.93. The number of halogens is 4. The first-order chi connectivity index (χ1) is 20.0. The number of nitrogens with zero attached hydrogens (tertiary/aromatic N) is 1. The Balaban J connectivity index is 1.09. The van der Waals surface area contributed by atoms with Crippen molar-refractivity contribution in [3.05, 3.63) is 94.5 Å². The molecule has 2 bridgehead atoms.